The van der Waals surface area contributed by atoms with E-state index in [-0.39, 0.29) is 11.9 Å². The normalized spacial score (nSPS) is 21.6. The molecule has 0 spiro atoms. The number of carbonyl (C=O) groups is 1. The standard InChI is InChI=1S/C15H22N4O2/c1-10(13-7-14(16)19-9-18-13)17-8-11-3-5-12(6-4-11)15(20)21-2/h7,9,11-12,17H,1,3-6,8H2,2H3,(H2,16,18,19). The summed E-state index contributed by atoms with van der Waals surface area (Å²) in [4.78, 5) is 19.5. The predicted molar refractivity (Wildman–Crippen MR) is 80.9 cm³/mol. The molecule has 0 bridgehead atoms. The number of nitrogen functional groups attached to an aromatic ring is 1. The van der Waals surface area contributed by atoms with Gasteiger partial charge in [-0.05, 0) is 31.6 Å². The van der Waals surface area contributed by atoms with Gasteiger partial charge < -0.3 is 15.8 Å². The fraction of sp³-hybridized carbons (Fsp3) is 0.533. The number of esters is 1. The second-order valence-corrected chi connectivity index (χ2v) is 5.43. The van der Waals surface area contributed by atoms with Gasteiger partial charge in [-0.3, -0.25) is 4.79 Å². The number of anilines is 1. The number of nitrogens with one attached hydrogen (secondary N) is 1. The maximum Gasteiger partial charge on any atom is 0.308 e. The van der Waals surface area contributed by atoms with Crippen LogP contribution in [0.4, 0.5) is 5.82 Å². The third-order valence-electron chi connectivity index (χ3n) is 3.98. The van der Waals surface area contributed by atoms with Crippen LogP contribution in [0.15, 0.2) is 19.0 Å². The van der Waals surface area contributed by atoms with Gasteiger partial charge in [0, 0.05) is 12.6 Å². The minimum Gasteiger partial charge on any atom is -0.469 e. The SMILES string of the molecule is C=C(NCC1CCC(C(=O)OC)CC1)c1cc(N)ncn1. The number of hydrogen-bond acceptors (Lipinski definition) is 6. The Hall–Kier alpha value is -2.11. The van der Waals surface area contributed by atoms with E-state index in [1.165, 1.54) is 13.4 Å². The van der Waals surface area contributed by atoms with Crippen LogP contribution in [-0.4, -0.2) is 29.6 Å². The molecule has 1 aliphatic rings. The Kier molecular flexibility index (Phi) is 5.14. The Morgan fingerprint density at radius 2 is 2.14 bits per heavy atom. The molecule has 6 heteroatoms. The summed E-state index contributed by atoms with van der Waals surface area (Å²) in [5, 5.41) is 3.30. The van der Waals surface area contributed by atoms with Crippen molar-refractivity contribution >= 4 is 17.5 Å². The van der Waals surface area contributed by atoms with Crippen molar-refractivity contribution in [2.75, 3.05) is 19.4 Å². The number of hydrogen-bond donors (Lipinski definition) is 2. The summed E-state index contributed by atoms with van der Waals surface area (Å²) in [5.41, 5.74) is 7.09. The number of aromatic nitrogens is 2. The van der Waals surface area contributed by atoms with Gasteiger partial charge in [0.2, 0.25) is 0 Å². The first-order valence-electron chi connectivity index (χ1n) is 7.18. The fourth-order valence-corrected chi connectivity index (χ4v) is 2.66. The number of rotatable bonds is 5. The van der Waals surface area contributed by atoms with Crippen molar-refractivity contribution in [3.05, 3.63) is 24.7 Å². The first-order chi connectivity index (χ1) is 10.1. The number of nitrogens with zero attached hydrogens (tertiary/aromatic N) is 2. The molecule has 1 aromatic rings. The molecule has 0 amide bonds. The van der Waals surface area contributed by atoms with Crippen LogP contribution in [0.5, 0.6) is 0 Å². The van der Waals surface area contributed by atoms with Gasteiger partial charge in [-0.2, -0.15) is 0 Å². The van der Waals surface area contributed by atoms with Crippen LogP contribution in [0.25, 0.3) is 5.70 Å². The van der Waals surface area contributed by atoms with Crippen molar-refractivity contribution in [1.82, 2.24) is 15.3 Å². The topological polar surface area (TPSA) is 90.1 Å². The van der Waals surface area contributed by atoms with Gasteiger partial charge in [0.15, 0.2) is 0 Å². The Bertz CT molecular complexity index is 510. The summed E-state index contributed by atoms with van der Waals surface area (Å²) in [6.45, 7) is 4.81. The molecule has 1 heterocycles. The highest BCUT2D eigenvalue weighted by atomic mass is 16.5. The Morgan fingerprint density at radius 1 is 1.43 bits per heavy atom. The molecule has 1 aromatic heterocycles. The highest BCUT2D eigenvalue weighted by molar-refractivity contribution is 5.72. The van der Waals surface area contributed by atoms with Crippen molar-refractivity contribution in [3.8, 4) is 0 Å². The van der Waals surface area contributed by atoms with Crippen molar-refractivity contribution < 1.29 is 9.53 Å². The van der Waals surface area contributed by atoms with Gasteiger partial charge in [-0.1, -0.05) is 6.58 Å². The van der Waals surface area contributed by atoms with Crippen LogP contribution in [0.1, 0.15) is 31.4 Å². The average Bonchev–Trinajstić information content (AvgIpc) is 2.52. The monoisotopic (exact) mass is 290 g/mol. The van der Waals surface area contributed by atoms with E-state index >= 15 is 0 Å². The minimum absolute atomic E-state index is 0.0658. The summed E-state index contributed by atoms with van der Waals surface area (Å²) in [6, 6.07) is 1.70. The van der Waals surface area contributed by atoms with E-state index in [9.17, 15) is 4.79 Å². The van der Waals surface area contributed by atoms with Crippen LogP contribution in [0, 0.1) is 11.8 Å². The van der Waals surface area contributed by atoms with E-state index in [1.807, 2.05) is 0 Å². The lowest BCUT2D eigenvalue weighted by atomic mass is 9.82. The third-order valence-corrected chi connectivity index (χ3v) is 3.98. The number of ether oxygens (including phenoxy) is 1. The average molecular weight is 290 g/mol. The van der Waals surface area contributed by atoms with E-state index in [1.54, 1.807) is 6.07 Å². The van der Waals surface area contributed by atoms with Crippen LogP contribution >= 0.6 is 0 Å². The molecule has 0 aromatic carbocycles. The molecule has 1 fully saturated rings. The molecule has 1 saturated carbocycles. The smallest absolute Gasteiger partial charge is 0.308 e. The minimum atomic E-state index is -0.0812. The molecule has 0 saturated heterocycles. The first kappa shape index (κ1) is 15.3. The van der Waals surface area contributed by atoms with E-state index in [0.717, 1.165) is 37.9 Å². The first-order valence-corrected chi connectivity index (χ1v) is 7.18. The molecule has 114 valence electrons. The Labute approximate surface area is 124 Å². The molecule has 2 rings (SSSR count). The summed E-state index contributed by atoms with van der Waals surface area (Å²) in [7, 11) is 1.45. The van der Waals surface area contributed by atoms with Crippen LogP contribution in [0.2, 0.25) is 0 Å². The van der Waals surface area contributed by atoms with Crippen molar-refractivity contribution in [2.24, 2.45) is 11.8 Å². The maximum absolute atomic E-state index is 11.5. The quantitative estimate of drug-likeness (QED) is 0.801. The van der Waals surface area contributed by atoms with Gasteiger partial charge in [-0.15, -0.1) is 0 Å². The number of nitrogens with two attached hydrogens (primary N) is 1. The molecule has 3 N–H and O–H groups in total. The van der Waals surface area contributed by atoms with Gasteiger partial charge in [0.25, 0.3) is 0 Å². The zero-order valence-corrected chi connectivity index (χ0v) is 12.3. The highest BCUT2D eigenvalue weighted by Crippen LogP contribution is 2.29. The van der Waals surface area contributed by atoms with E-state index in [0.29, 0.717) is 17.4 Å². The lowest BCUT2D eigenvalue weighted by molar-refractivity contribution is -0.146. The number of methoxy groups -OCH3 is 1. The highest BCUT2D eigenvalue weighted by Gasteiger charge is 2.26. The van der Waals surface area contributed by atoms with Crippen molar-refractivity contribution in [2.45, 2.75) is 25.7 Å². The molecule has 1 aliphatic carbocycles. The zero-order valence-electron chi connectivity index (χ0n) is 12.3. The third kappa shape index (κ3) is 4.18. The molecule has 6 nitrogen and oxygen atoms in total. The molecule has 0 radical (unpaired) electrons. The fourth-order valence-electron chi connectivity index (χ4n) is 2.66. The van der Waals surface area contributed by atoms with Crippen molar-refractivity contribution in [1.29, 1.82) is 0 Å². The Morgan fingerprint density at radius 3 is 2.76 bits per heavy atom. The zero-order chi connectivity index (χ0) is 15.2. The molecule has 0 unspecified atom stereocenters. The molecular formula is C15H22N4O2. The van der Waals surface area contributed by atoms with Gasteiger partial charge in [-0.25, -0.2) is 9.97 Å². The molecule has 0 aliphatic heterocycles. The Balaban J connectivity index is 1.77. The molecule has 0 atom stereocenters. The summed E-state index contributed by atoms with van der Waals surface area (Å²) < 4.78 is 4.80. The number of carbonyl (C=O) groups excluding carboxylic acids is 1. The van der Waals surface area contributed by atoms with Gasteiger partial charge >= 0.3 is 5.97 Å². The molecular weight excluding hydrogens is 268 g/mol. The second-order valence-electron chi connectivity index (χ2n) is 5.43. The van der Waals surface area contributed by atoms with Crippen molar-refractivity contribution in [3.63, 3.8) is 0 Å². The van der Waals surface area contributed by atoms with E-state index in [2.05, 4.69) is 21.9 Å². The van der Waals surface area contributed by atoms with Crippen LogP contribution < -0.4 is 11.1 Å². The lowest BCUT2D eigenvalue weighted by Gasteiger charge is -2.27. The van der Waals surface area contributed by atoms with Crippen LogP contribution in [0.3, 0.4) is 0 Å². The molecule has 21 heavy (non-hydrogen) atoms. The largest absolute Gasteiger partial charge is 0.469 e. The van der Waals surface area contributed by atoms with Gasteiger partial charge in [0.05, 0.1) is 24.4 Å². The second kappa shape index (κ2) is 7.06. The van der Waals surface area contributed by atoms with E-state index < -0.39 is 0 Å². The van der Waals surface area contributed by atoms with E-state index in [4.69, 9.17) is 10.5 Å². The maximum atomic E-state index is 11.5. The van der Waals surface area contributed by atoms with Crippen LogP contribution in [-0.2, 0) is 9.53 Å². The predicted octanol–water partition coefficient (Wildman–Crippen LogP) is 1.60. The summed E-state index contributed by atoms with van der Waals surface area (Å²) in [5.74, 6) is 0.960. The lowest BCUT2D eigenvalue weighted by Crippen LogP contribution is -2.28. The van der Waals surface area contributed by atoms with Gasteiger partial charge in [0.1, 0.15) is 12.1 Å². The summed E-state index contributed by atoms with van der Waals surface area (Å²) in [6.07, 6.45) is 5.26. The summed E-state index contributed by atoms with van der Waals surface area (Å²) >= 11 is 0.